The lowest BCUT2D eigenvalue weighted by Gasteiger charge is -2.34. The van der Waals surface area contributed by atoms with Gasteiger partial charge in [-0.05, 0) is 12.1 Å². The van der Waals surface area contributed by atoms with Crippen LogP contribution >= 0.6 is 12.2 Å². The normalized spacial score (nSPS) is 19.0. The van der Waals surface area contributed by atoms with Crippen LogP contribution < -0.4 is 10.6 Å². The summed E-state index contributed by atoms with van der Waals surface area (Å²) in [5, 5.41) is 0. The molecule has 1 atom stereocenters. The molecule has 6 nitrogen and oxygen atoms in total. The molecular weight excluding hydrogens is 266 g/mol. The first-order chi connectivity index (χ1) is 9.11. The van der Waals surface area contributed by atoms with Crippen molar-refractivity contribution in [3.63, 3.8) is 0 Å². The third-order valence-corrected chi connectivity index (χ3v) is 3.15. The van der Waals surface area contributed by atoms with E-state index >= 15 is 0 Å². The minimum absolute atomic E-state index is 0.265. The van der Waals surface area contributed by atoms with Crippen LogP contribution in [0.3, 0.4) is 0 Å². The van der Waals surface area contributed by atoms with Gasteiger partial charge in [-0.15, -0.1) is 0 Å². The average Bonchev–Trinajstić information content (AvgIpc) is 2.46. The molecule has 0 saturated carbocycles. The molecular formula is C12H15N3O3S. The molecule has 0 aromatic carbocycles. The lowest BCUT2D eigenvalue weighted by Crippen LogP contribution is -2.47. The minimum atomic E-state index is -0.457. The molecule has 1 aliphatic rings. The van der Waals surface area contributed by atoms with Crippen molar-refractivity contribution in [2.45, 2.75) is 6.10 Å². The van der Waals surface area contributed by atoms with Gasteiger partial charge >= 0.3 is 5.97 Å². The van der Waals surface area contributed by atoms with Gasteiger partial charge in [-0.25, -0.2) is 9.78 Å². The zero-order valence-electron chi connectivity index (χ0n) is 10.5. The third-order valence-electron chi connectivity index (χ3n) is 2.89. The monoisotopic (exact) mass is 281 g/mol. The summed E-state index contributed by atoms with van der Waals surface area (Å²) in [6.45, 7) is 1.82. The van der Waals surface area contributed by atoms with E-state index in [1.807, 2.05) is 6.07 Å². The van der Waals surface area contributed by atoms with E-state index in [9.17, 15) is 4.79 Å². The van der Waals surface area contributed by atoms with Gasteiger partial charge in [-0.1, -0.05) is 12.2 Å². The van der Waals surface area contributed by atoms with E-state index in [4.69, 9.17) is 22.7 Å². The highest BCUT2D eigenvalue weighted by molar-refractivity contribution is 7.80. The molecule has 1 fully saturated rings. The molecule has 0 amide bonds. The summed E-state index contributed by atoms with van der Waals surface area (Å²) in [4.78, 5) is 17.8. The largest absolute Gasteiger partial charge is 0.464 e. The van der Waals surface area contributed by atoms with Crippen LogP contribution in [0.4, 0.5) is 5.69 Å². The van der Waals surface area contributed by atoms with Crippen LogP contribution in [0, 0.1) is 0 Å². The van der Waals surface area contributed by atoms with E-state index in [1.54, 1.807) is 12.3 Å². The fourth-order valence-electron chi connectivity index (χ4n) is 1.89. The molecule has 7 heteroatoms. The van der Waals surface area contributed by atoms with Gasteiger partial charge < -0.3 is 20.1 Å². The van der Waals surface area contributed by atoms with Gasteiger partial charge in [0.15, 0.2) is 0 Å². The average molecular weight is 281 g/mol. The van der Waals surface area contributed by atoms with E-state index in [1.165, 1.54) is 7.11 Å². The predicted octanol–water partition coefficient (Wildman–Crippen LogP) is 0.360. The first-order valence-electron chi connectivity index (χ1n) is 5.82. The predicted molar refractivity (Wildman–Crippen MR) is 74.3 cm³/mol. The fourth-order valence-corrected chi connectivity index (χ4v) is 2.03. The molecule has 1 aromatic heterocycles. The summed E-state index contributed by atoms with van der Waals surface area (Å²) >= 11 is 4.94. The van der Waals surface area contributed by atoms with Crippen molar-refractivity contribution in [3.8, 4) is 0 Å². The van der Waals surface area contributed by atoms with E-state index < -0.39 is 5.97 Å². The van der Waals surface area contributed by atoms with Gasteiger partial charge in [0.1, 0.15) is 16.8 Å². The highest BCUT2D eigenvalue weighted by atomic mass is 32.1. The van der Waals surface area contributed by atoms with Crippen LogP contribution in [0.5, 0.6) is 0 Å². The van der Waals surface area contributed by atoms with E-state index in [0.717, 1.165) is 5.69 Å². The van der Waals surface area contributed by atoms with Crippen LogP contribution in [0.1, 0.15) is 10.5 Å². The Kier molecular flexibility index (Phi) is 4.28. The van der Waals surface area contributed by atoms with Crippen molar-refractivity contribution in [1.82, 2.24) is 4.98 Å². The number of anilines is 1. The third kappa shape index (κ3) is 3.18. The van der Waals surface area contributed by atoms with Gasteiger partial charge in [0.25, 0.3) is 0 Å². The lowest BCUT2D eigenvalue weighted by atomic mass is 10.2. The number of hydrogen-bond acceptors (Lipinski definition) is 6. The Bertz CT molecular complexity index is 495. The van der Waals surface area contributed by atoms with Crippen LogP contribution in [-0.2, 0) is 9.47 Å². The smallest absolute Gasteiger partial charge is 0.356 e. The first kappa shape index (κ1) is 13.7. The number of carbonyl (C=O) groups excluding carboxylic acids is 1. The molecule has 2 heterocycles. The molecule has 0 bridgehead atoms. The number of carbonyl (C=O) groups is 1. The van der Waals surface area contributed by atoms with Gasteiger partial charge in [0.2, 0.25) is 0 Å². The molecule has 1 unspecified atom stereocenters. The zero-order chi connectivity index (χ0) is 13.8. The Morgan fingerprint density at radius 2 is 2.47 bits per heavy atom. The number of hydrogen-bond donors (Lipinski definition) is 1. The van der Waals surface area contributed by atoms with Crippen LogP contribution in [0.15, 0.2) is 18.3 Å². The highest BCUT2D eigenvalue weighted by Gasteiger charge is 2.23. The van der Waals surface area contributed by atoms with Crippen LogP contribution in [-0.4, -0.2) is 48.9 Å². The number of pyridine rings is 1. The second kappa shape index (κ2) is 5.94. The molecule has 0 radical (unpaired) electrons. The summed E-state index contributed by atoms with van der Waals surface area (Å²) in [6, 6.07) is 3.52. The maximum atomic E-state index is 11.5. The SMILES string of the molecule is COC(=O)c1cc(N2CCOC(C(N)=S)C2)ccn1. The number of morpholine rings is 1. The Balaban J connectivity index is 2.17. The van der Waals surface area contributed by atoms with E-state index in [-0.39, 0.29) is 11.8 Å². The molecule has 19 heavy (non-hydrogen) atoms. The second-order valence-corrected chi connectivity index (χ2v) is 4.57. The minimum Gasteiger partial charge on any atom is -0.464 e. The molecule has 1 saturated heterocycles. The van der Waals surface area contributed by atoms with Gasteiger partial charge in [0, 0.05) is 18.4 Å². The summed E-state index contributed by atoms with van der Waals surface area (Å²) in [6.07, 6.45) is 1.31. The first-order valence-corrected chi connectivity index (χ1v) is 6.23. The van der Waals surface area contributed by atoms with E-state index in [2.05, 4.69) is 14.6 Å². The summed E-state index contributed by atoms with van der Waals surface area (Å²) in [5.74, 6) is -0.457. The number of aromatic nitrogens is 1. The van der Waals surface area contributed by atoms with Crippen molar-refractivity contribution < 1.29 is 14.3 Å². The summed E-state index contributed by atoms with van der Waals surface area (Å²) < 4.78 is 10.1. The van der Waals surface area contributed by atoms with Gasteiger partial charge in [-0.3, -0.25) is 0 Å². The van der Waals surface area contributed by atoms with E-state index in [0.29, 0.717) is 24.7 Å². The maximum Gasteiger partial charge on any atom is 0.356 e. The molecule has 102 valence electrons. The van der Waals surface area contributed by atoms with Crippen LogP contribution in [0.25, 0.3) is 0 Å². The van der Waals surface area contributed by atoms with Gasteiger partial charge in [0.05, 0.1) is 20.3 Å². The Labute approximate surface area is 116 Å². The van der Waals surface area contributed by atoms with Crippen LogP contribution in [0.2, 0.25) is 0 Å². The number of methoxy groups -OCH3 is 1. The number of esters is 1. The van der Waals surface area contributed by atoms with Crippen molar-refractivity contribution in [1.29, 1.82) is 0 Å². The van der Waals surface area contributed by atoms with Gasteiger partial charge in [-0.2, -0.15) is 0 Å². The molecule has 0 spiro atoms. The topological polar surface area (TPSA) is 77.7 Å². The molecule has 1 aromatic rings. The summed E-state index contributed by atoms with van der Waals surface area (Å²) in [7, 11) is 1.33. The molecule has 2 rings (SSSR count). The number of thiocarbonyl (C=S) groups is 1. The quantitative estimate of drug-likeness (QED) is 0.633. The van der Waals surface area contributed by atoms with Crippen molar-refractivity contribution in [2.24, 2.45) is 5.73 Å². The zero-order valence-corrected chi connectivity index (χ0v) is 11.4. The number of rotatable bonds is 3. The number of nitrogens with two attached hydrogens (primary N) is 1. The maximum absolute atomic E-state index is 11.5. The standard InChI is InChI=1S/C12H15N3O3S/c1-17-12(16)9-6-8(2-3-14-9)15-4-5-18-10(7-15)11(13)19/h2-3,6,10H,4-5,7H2,1H3,(H2,13,19). The fraction of sp³-hybridized carbons (Fsp3) is 0.417. The number of nitrogens with zero attached hydrogens (tertiary/aromatic N) is 2. The second-order valence-electron chi connectivity index (χ2n) is 4.10. The van der Waals surface area contributed by atoms with Crippen molar-refractivity contribution >= 4 is 28.9 Å². The van der Waals surface area contributed by atoms with Crippen molar-refractivity contribution in [3.05, 3.63) is 24.0 Å². The molecule has 2 N–H and O–H groups in total. The van der Waals surface area contributed by atoms with Crippen molar-refractivity contribution in [2.75, 3.05) is 31.7 Å². The Morgan fingerprint density at radius 3 is 3.16 bits per heavy atom. The molecule has 0 aliphatic carbocycles. The Morgan fingerprint density at radius 1 is 1.68 bits per heavy atom. The Hall–Kier alpha value is -1.73. The molecule has 1 aliphatic heterocycles. The highest BCUT2D eigenvalue weighted by Crippen LogP contribution is 2.18. The lowest BCUT2D eigenvalue weighted by molar-refractivity contribution is 0.0594. The summed E-state index contributed by atoms with van der Waals surface area (Å²) in [5.41, 5.74) is 6.75. The number of ether oxygens (including phenoxy) is 2.